The Morgan fingerprint density at radius 2 is 1.69 bits per heavy atom. The zero-order valence-corrected chi connectivity index (χ0v) is 24.3. The van der Waals surface area contributed by atoms with Crippen molar-refractivity contribution in [2.45, 2.75) is 25.7 Å². The van der Waals surface area contributed by atoms with Crippen molar-refractivity contribution in [1.29, 1.82) is 0 Å². The number of allylic oxidation sites excluding steroid dienone is 3. The predicted octanol–water partition coefficient (Wildman–Crippen LogP) is 7.37. The van der Waals surface area contributed by atoms with E-state index in [1.54, 1.807) is 44.2 Å². The molecule has 0 aliphatic heterocycles. The fourth-order valence-electron chi connectivity index (χ4n) is 3.49. The average Bonchev–Trinajstić information content (AvgIpc) is 2.90. The lowest BCUT2D eigenvalue weighted by molar-refractivity contribution is 0.102. The number of hydrogen-bond acceptors (Lipinski definition) is 5. The molecule has 0 aliphatic rings. The van der Waals surface area contributed by atoms with Crippen LogP contribution < -0.4 is 15.4 Å². The van der Waals surface area contributed by atoms with Gasteiger partial charge in [-0.3, -0.25) is 9.52 Å². The number of sulfonamides is 1. The maximum atomic E-state index is 13.0. The lowest BCUT2D eigenvalue weighted by atomic mass is 10.1. The third kappa shape index (κ3) is 7.66. The number of para-hydroxylation sites is 1. The number of nitrogens with one attached hydrogen (secondary N) is 3. The topological polar surface area (TPSA) is 96.5 Å². The number of aryl methyl sites for hydroxylation is 1. The number of anilines is 2. The first-order valence-electron chi connectivity index (χ1n) is 11.8. The van der Waals surface area contributed by atoms with Crippen LogP contribution in [0.2, 0.25) is 10.0 Å². The van der Waals surface area contributed by atoms with Crippen molar-refractivity contribution in [3.63, 3.8) is 0 Å². The molecule has 0 saturated carbocycles. The fourth-order valence-corrected chi connectivity index (χ4v) is 5.17. The van der Waals surface area contributed by atoms with Crippen LogP contribution in [0.25, 0.3) is 5.70 Å². The predicted molar refractivity (Wildman–Crippen MR) is 160 cm³/mol. The standard InChI is InChI=1S/C29H29Cl2N3O4S/c1-6-21(15-19(3)38-5)34-39(36,37)23-12-13-24(27(31)17-23)29(35)33-22-11-14-26(30)25(16-22)20(4)32-28-10-8-7-9-18(28)2/h6-17,32,34H,4H2,1-3,5H3,(H,33,35)/b19-15+,21-6+. The highest BCUT2D eigenvalue weighted by Gasteiger charge is 2.19. The van der Waals surface area contributed by atoms with E-state index in [1.807, 2.05) is 31.2 Å². The highest BCUT2D eigenvalue weighted by atomic mass is 35.5. The lowest BCUT2D eigenvalue weighted by Gasteiger charge is -2.15. The van der Waals surface area contributed by atoms with E-state index in [0.717, 1.165) is 11.3 Å². The summed E-state index contributed by atoms with van der Waals surface area (Å²) >= 11 is 12.7. The van der Waals surface area contributed by atoms with E-state index in [-0.39, 0.29) is 15.5 Å². The molecule has 3 N–H and O–H groups in total. The summed E-state index contributed by atoms with van der Waals surface area (Å²) in [5, 5.41) is 6.45. The number of methoxy groups -OCH3 is 1. The lowest BCUT2D eigenvalue weighted by Crippen LogP contribution is -2.23. The Labute approximate surface area is 239 Å². The minimum atomic E-state index is -3.96. The van der Waals surface area contributed by atoms with Crippen molar-refractivity contribution in [2.75, 3.05) is 17.7 Å². The quantitative estimate of drug-likeness (QED) is 0.170. The minimum Gasteiger partial charge on any atom is -0.501 e. The summed E-state index contributed by atoms with van der Waals surface area (Å²) in [6, 6.07) is 16.6. The van der Waals surface area contributed by atoms with Gasteiger partial charge in [-0.1, -0.05) is 54.1 Å². The van der Waals surface area contributed by atoms with Gasteiger partial charge in [-0.2, -0.15) is 0 Å². The van der Waals surface area contributed by atoms with Gasteiger partial charge in [0, 0.05) is 28.3 Å². The van der Waals surface area contributed by atoms with Crippen LogP contribution in [-0.4, -0.2) is 21.4 Å². The highest BCUT2D eigenvalue weighted by molar-refractivity contribution is 7.89. The number of amides is 1. The normalized spacial score (nSPS) is 12.1. The van der Waals surface area contributed by atoms with Crippen molar-refractivity contribution < 1.29 is 17.9 Å². The van der Waals surface area contributed by atoms with E-state index in [9.17, 15) is 13.2 Å². The maximum absolute atomic E-state index is 13.0. The van der Waals surface area contributed by atoms with Gasteiger partial charge in [-0.15, -0.1) is 0 Å². The molecule has 0 fully saturated rings. The first kappa shape index (κ1) is 29.8. The number of halogens is 2. The molecule has 1 amide bonds. The summed E-state index contributed by atoms with van der Waals surface area (Å²) in [5.41, 5.74) is 3.97. The van der Waals surface area contributed by atoms with Gasteiger partial charge >= 0.3 is 0 Å². The summed E-state index contributed by atoms with van der Waals surface area (Å²) in [6.07, 6.45) is 3.14. The number of benzene rings is 3. The molecule has 0 radical (unpaired) electrons. The van der Waals surface area contributed by atoms with Crippen LogP contribution in [0.1, 0.15) is 35.3 Å². The van der Waals surface area contributed by atoms with Gasteiger partial charge in [0.1, 0.15) is 0 Å². The Kier molecular flexibility index (Phi) is 9.86. The number of carbonyl (C=O) groups excluding carboxylic acids is 1. The second kappa shape index (κ2) is 12.9. The Bertz CT molecular complexity index is 1580. The molecular weight excluding hydrogens is 557 g/mol. The molecule has 0 atom stereocenters. The Morgan fingerprint density at radius 3 is 2.33 bits per heavy atom. The van der Waals surface area contributed by atoms with Crippen LogP contribution in [0.5, 0.6) is 0 Å². The third-order valence-corrected chi connectivity index (χ3v) is 7.74. The molecule has 0 spiro atoms. The van der Waals surface area contributed by atoms with Gasteiger partial charge in [0.05, 0.1) is 33.4 Å². The van der Waals surface area contributed by atoms with Crippen molar-refractivity contribution >= 4 is 56.2 Å². The average molecular weight is 587 g/mol. The maximum Gasteiger partial charge on any atom is 0.261 e. The van der Waals surface area contributed by atoms with Crippen molar-refractivity contribution in [2.24, 2.45) is 0 Å². The Hall–Kier alpha value is -3.72. The molecule has 3 aromatic carbocycles. The molecule has 3 rings (SSSR count). The van der Waals surface area contributed by atoms with E-state index in [1.165, 1.54) is 25.3 Å². The van der Waals surface area contributed by atoms with E-state index < -0.39 is 15.9 Å². The molecule has 0 saturated heterocycles. The van der Waals surface area contributed by atoms with Gasteiger partial charge in [-0.05, 0) is 74.9 Å². The van der Waals surface area contributed by atoms with Crippen molar-refractivity contribution in [1.82, 2.24) is 4.72 Å². The zero-order valence-electron chi connectivity index (χ0n) is 21.9. The van der Waals surface area contributed by atoms with Crippen molar-refractivity contribution in [3.8, 4) is 0 Å². The molecule has 0 aromatic heterocycles. The molecule has 0 bridgehead atoms. The molecule has 204 valence electrons. The zero-order chi connectivity index (χ0) is 28.7. The van der Waals surface area contributed by atoms with Crippen LogP contribution in [0.3, 0.4) is 0 Å². The SMILES string of the molecule is C=C(Nc1ccccc1C)c1cc(NC(=O)c2ccc(S(=O)(=O)NC(=C/C)/C=C(\C)OC)cc2Cl)ccc1Cl. The number of carbonyl (C=O) groups is 1. The second-order valence-electron chi connectivity index (χ2n) is 8.52. The highest BCUT2D eigenvalue weighted by Crippen LogP contribution is 2.29. The van der Waals surface area contributed by atoms with E-state index in [4.69, 9.17) is 27.9 Å². The van der Waals surface area contributed by atoms with E-state index >= 15 is 0 Å². The summed E-state index contributed by atoms with van der Waals surface area (Å²) in [4.78, 5) is 12.9. The van der Waals surface area contributed by atoms with E-state index in [2.05, 4.69) is 21.9 Å². The molecule has 39 heavy (non-hydrogen) atoms. The smallest absolute Gasteiger partial charge is 0.261 e. The molecule has 0 aliphatic carbocycles. The first-order chi connectivity index (χ1) is 18.4. The van der Waals surface area contributed by atoms with Crippen LogP contribution in [0, 0.1) is 6.92 Å². The van der Waals surface area contributed by atoms with Gasteiger partial charge in [0.2, 0.25) is 0 Å². The molecular formula is C29H29Cl2N3O4S. The van der Waals surface area contributed by atoms with Gasteiger partial charge in [0.15, 0.2) is 0 Å². The van der Waals surface area contributed by atoms with Crippen LogP contribution >= 0.6 is 23.2 Å². The Balaban J connectivity index is 1.79. The van der Waals surface area contributed by atoms with Gasteiger partial charge in [0.25, 0.3) is 15.9 Å². The fraction of sp³-hybridized carbons (Fsp3) is 0.138. The third-order valence-electron chi connectivity index (χ3n) is 5.72. The summed E-state index contributed by atoms with van der Waals surface area (Å²) < 4.78 is 33.3. The van der Waals surface area contributed by atoms with Gasteiger partial charge in [-0.25, -0.2) is 8.42 Å². The molecule has 3 aromatic rings. The number of hydrogen-bond donors (Lipinski definition) is 3. The summed E-state index contributed by atoms with van der Waals surface area (Å²) in [6.45, 7) is 9.45. The van der Waals surface area contributed by atoms with Crippen LogP contribution in [0.15, 0.2) is 95.7 Å². The summed E-state index contributed by atoms with van der Waals surface area (Å²) in [7, 11) is -2.48. The minimum absolute atomic E-state index is 0.0270. The monoisotopic (exact) mass is 585 g/mol. The first-order valence-corrected chi connectivity index (χ1v) is 14.0. The molecule has 0 heterocycles. The van der Waals surface area contributed by atoms with Crippen molar-refractivity contribution in [3.05, 3.63) is 118 Å². The number of ether oxygens (including phenoxy) is 1. The Morgan fingerprint density at radius 1 is 0.974 bits per heavy atom. The van der Waals surface area contributed by atoms with E-state index in [0.29, 0.717) is 33.4 Å². The molecule has 7 nitrogen and oxygen atoms in total. The number of rotatable bonds is 10. The summed E-state index contributed by atoms with van der Waals surface area (Å²) in [5.74, 6) is 0.00574. The molecule has 0 unspecified atom stereocenters. The van der Waals surface area contributed by atoms with Crippen LogP contribution in [0.4, 0.5) is 11.4 Å². The van der Waals surface area contributed by atoms with Crippen LogP contribution in [-0.2, 0) is 14.8 Å². The second-order valence-corrected chi connectivity index (χ2v) is 11.0. The molecule has 10 heteroatoms. The largest absolute Gasteiger partial charge is 0.501 e. The van der Waals surface area contributed by atoms with Gasteiger partial charge < -0.3 is 15.4 Å².